The predicted molar refractivity (Wildman–Crippen MR) is 105 cm³/mol. The van der Waals surface area contributed by atoms with E-state index in [1.54, 1.807) is 36.4 Å². The number of anilines is 1. The number of piperidine rings is 1. The summed E-state index contributed by atoms with van der Waals surface area (Å²) in [7, 11) is 0. The molecule has 0 atom stereocenters. The van der Waals surface area contributed by atoms with Crippen LogP contribution in [0.1, 0.15) is 35.8 Å². The van der Waals surface area contributed by atoms with Gasteiger partial charge in [0.15, 0.2) is 0 Å². The third-order valence-electron chi connectivity index (χ3n) is 4.53. The van der Waals surface area contributed by atoms with E-state index in [4.69, 9.17) is 4.74 Å². The van der Waals surface area contributed by atoms with E-state index in [9.17, 15) is 9.59 Å². The molecule has 3 rings (SSSR count). The number of likely N-dealkylation sites (tertiary alicyclic amines) is 1. The van der Waals surface area contributed by atoms with Gasteiger partial charge in [-0.05, 0) is 43.5 Å². The zero-order chi connectivity index (χ0) is 19.8. The molecule has 8 heteroatoms. The molecule has 148 valence electrons. The van der Waals surface area contributed by atoms with Crippen molar-refractivity contribution in [2.24, 2.45) is 0 Å². The Morgan fingerprint density at radius 1 is 1.21 bits per heavy atom. The van der Waals surface area contributed by atoms with Crippen molar-refractivity contribution >= 4 is 17.8 Å². The van der Waals surface area contributed by atoms with E-state index < -0.39 is 0 Å². The van der Waals surface area contributed by atoms with Crippen LogP contribution < -0.4 is 10.6 Å². The number of pyridine rings is 2. The number of aromatic nitrogens is 2. The van der Waals surface area contributed by atoms with Crippen molar-refractivity contribution in [1.29, 1.82) is 0 Å². The fourth-order valence-corrected chi connectivity index (χ4v) is 3.04. The number of hydrogen-bond donors (Lipinski definition) is 2. The van der Waals surface area contributed by atoms with Crippen molar-refractivity contribution < 1.29 is 14.3 Å². The molecule has 3 heterocycles. The first-order valence-corrected chi connectivity index (χ1v) is 9.48. The summed E-state index contributed by atoms with van der Waals surface area (Å²) in [5, 5.41) is 6.21. The highest BCUT2D eigenvalue weighted by Gasteiger charge is 2.25. The number of rotatable bonds is 6. The molecule has 1 fully saturated rings. The molecule has 1 aliphatic heterocycles. The lowest BCUT2D eigenvalue weighted by Crippen LogP contribution is -2.46. The summed E-state index contributed by atoms with van der Waals surface area (Å²) in [6, 6.07) is 9.19. The summed E-state index contributed by atoms with van der Waals surface area (Å²) in [5.74, 6) is 0.424. The van der Waals surface area contributed by atoms with E-state index >= 15 is 0 Å². The van der Waals surface area contributed by atoms with Crippen LogP contribution in [0.4, 0.5) is 10.6 Å². The highest BCUT2D eigenvalue weighted by Crippen LogP contribution is 2.13. The Morgan fingerprint density at radius 2 is 2.04 bits per heavy atom. The molecule has 2 amide bonds. The fourth-order valence-electron chi connectivity index (χ4n) is 3.04. The summed E-state index contributed by atoms with van der Waals surface area (Å²) in [6.07, 6.45) is 4.62. The van der Waals surface area contributed by atoms with Crippen molar-refractivity contribution in [2.75, 3.05) is 25.0 Å². The van der Waals surface area contributed by atoms with Crippen LogP contribution in [0.5, 0.6) is 0 Å². The monoisotopic (exact) mass is 383 g/mol. The minimum absolute atomic E-state index is 0.0204. The van der Waals surface area contributed by atoms with Crippen molar-refractivity contribution in [3.05, 3.63) is 54.0 Å². The molecule has 0 aliphatic carbocycles. The SMILES string of the molecule is CCOC(=O)N1CCC(NC(=O)c2cccc(NCc3cccnc3)n2)CC1. The number of nitrogens with one attached hydrogen (secondary N) is 2. The van der Waals surface area contributed by atoms with E-state index in [1.165, 1.54) is 0 Å². The Kier molecular flexibility index (Phi) is 6.78. The number of carbonyl (C=O) groups excluding carboxylic acids is 2. The van der Waals surface area contributed by atoms with Gasteiger partial charge in [-0.25, -0.2) is 9.78 Å². The first-order valence-electron chi connectivity index (χ1n) is 9.48. The van der Waals surface area contributed by atoms with Crippen LogP contribution in [-0.4, -0.2) is 52.6 Å². The number of ether oxygens (including phenoxy) is 1. The zero-order valence-corrected chi connectivity index (χ0v) is 15.9. The summed E-state index contributed by atoms with van der Waals surface area (Å²) in [6.45, 7) is 3.88. The van der Waals surface area contributed by atoms with Crippen molar-refractivity contribution in [1.82, 2.24) is 20.2 Å². The van der Waals surface area contributed by atoms with Gasteiger partial charge >= 0.3 is 6.09 Å². The molecule has 0 bridgehead atoms. The van der Waals surface area contributed by atoms with Gasteiger partial charge in [0, 0.05) is 38.1 Å². The van der Waals surface area contributed by atoms with Gasteiger partial charge in [0.1, 0.15) is 11.5 Å². The first-order chi connectivity index (χ1) is 13.7. The average Bonchev–Trinajstić information content (AvgIpc) is 2.74. The Bertz CT molecular complexity index is 791. The standard InChI is InChI=1S/C20H25N5O3/c1-2-28-20(27)25-11-8-16(9-12-25)23-19(26)17-6-3-7-18(24-17)22-14-15-5-4-10-21-13-15/h3-7,10,13,16H,2,8-9,11-12,14H2,1H3,(H,22,24)(H,23,26). The van der Waals surface area contributed by atoms with Gasteiger partial charge in [-0.1, -0.05) is 12.1 Å². The molecule has 0 saturated carbocycles. The highest BCUT2D eigenvalue weighted by atomic mass is 16.6. The molecule has 0 aromatic carbocycles. The molecule has 0 radical (unpaired) electrons. The van der Waals surface area contributed by atoms with Gasteiger partial charge in [0.2, 0.25) is 0 Å². The lowest BCUT2D eigenvalue weighted by molar-refractivity contribution is 0.0856. The number of nitrogens with zero attached hydrogens (tertiary/aromatic N) is 3. The van der Waals surface area contributed by atoms with Crippen LogP contribution in [0.25, 0.3) is 0 Å². The quantitative estimate of drug-likeness (QED) is 0.795. The molecule has 2 N–H and O–H groups in total. The molecule has 1 aliphatic rings. The average molecular weight is 383 g/mol. The Morgan fingerprint density at radius 3 is 2.75 bits per heavy atom. The Balaban J connectivity index is 1.50. The van der Waals surface area contributed by atoms with Gasteiger partial charge in [-0.2, -0.15) is 0 Å². The lowest BCUT2D eigenvalue weighted by Gasteiger charge is -2.31. The smallest absolute Gasteiger partial charge is 0.409 e. The van der Waals surface area contributed by atoms with Crippen LogP contribution in [0.2, 0.25) is 0 Å². The topological polar surface area (TPSA) is 96.5 Å². The van der Waals surface area contributed by atoms with Crippen LogP contribution in [0, 0.1) is 0 Å². The predicted octanol–water partition coefficient (Wildman–Crippen LogP) is 2.44. The summed E-state index contributed by atoms with van der Waals surface area (Å²) < 4.78 is 5.01. The number of hydrogen-bond acceptors (Lipinski definition) is 6. The van der Waals surface area contributed by atoms with E-state index in [1.807, 2.05) is 18.2 Å². The maximum Gasteiger partial charge on any atom is 0.409 e. The minimum atomic E-state index is -0.290. The lowest BCUT2D eigenvalue weighted by atomic mass is 10.1. The molecule has 0 unspecified atom stereocenters. The summed E-state index contributed by atoms with van der Waals surface area (Å²) >= 11 is 0. The van der Waals surface area contributed by atoms with Gasteiger partial charge < -0.3 is 20.3 Å². The normalized spacial score (nSPS) is 14.4. The van der Waals surface area contributed by atoms with Crippen molar-refractivity contribution in [3.63, 3.8) is 0 Å². The number of amides is 2. The number of carbonyl (C=O) groups is 2. The van der Waals surface area contributed by atoms with E-state index in [0.29, 0.717) is 50.6 Å². The van der Waals surface area contributed by atoms with Crippen molar-refractivity contribution in [3.8, 4) is 0 Å². The first kappa shape index (κ1) is 19.6. The molecule has 2 aromatic rings. The van der Waals surface area contributed by atoms with Crippen molar-refractivity contribution in [2.45, 2.75) is 32.4 Å². The zero-order valence-electron chi connectivity index (χ0n) is 15.9. The van der Waals surface area contributed by atoms with Crippen LogP contribution in [0.3, 0.4) is 0 Å². The molecule has 1 saturated heterocycles. The Hall–Kier alpha value is -3.16. The van der Waals surface area contributed by atoms with Crippen LogP contribution >= 0.6 is 0 Å². The molecule has 28 heavy (non-hydrogen) atoms. The fraction of sp³-hybridized carbons (Fsp3) is 0.400. The largest absolute Gasteiger partial charge is 0.450 e. The second kappa shape index (κ2) is 9.68. The second-order valence-corrected chi connectivity index (χ2v) is 6.56. The molecular formula is C20H25N5O3. The van der Waals surface area contributed by atoms with E-state index in [-0.39, 0.29) is 18.0 Å². The van der Waals surface area contributed by atoms with Gasteiger partial charge in [-0.3, -0.25) is 9.78 Å². The van der Waals surface area contributed by atoms with Gasteiger partial charge in [0.05, 0.1) is 6.61 Å². The second-order valence-electron chi connectivity index (χ2n) is 6.56. The van der Waals surface area contributed by atoms with Gasteiger partial charge in [-0.15, -0.1) is 0 Å². The third-order valence-corrected chi connectivity index (χ3v) is 4.53. The van der Waals surface area contributed by atoms with Crippen LogP contribution in [-0.2, 0) is 11.3 Å². The molecule has 0 spiro atoms. The van der Waals surface area contributed by atoms with Crippen LogP contribution in [0.15, 0.2) is 42.7 Å². The minimum Gasteiger partial charge on any atom is -0.450 e. The molecular weight excluding hydrogens is 358 g/mol. The maximum atomic E-state index is 12.5. The maximum absolute atomic E-state index is 12.5. The third kappa shape index (κ3) is 5.42. The Labute approximate surface area is 164 Å². The van der Waals surface area contributed by atoms with E-state index in [0.717, 1.165) is 5.56 Å². The molecule has 2 aromatic heterocycles. The van der Waals surface area contributed by atoms with E-state index in [2.05, 4.69) is 20.6 Å². The molecule has 8 nitrogen and oxygen atoms in total. The van der Waals surface area contributed by atoms with Gasteiger partial charge in [0.25, 0.3) is 5.91 Å². The summed E-state index contributed by atoms with van der Waals surface area (Å²) in [4.78, 5) is 34.4. The summed E-state index contributed by atoms with van der Waals surface area (Å²) in [5.41, 5.74) is 1.40. The highest BCUT2D eigenvalue weighted by molar-refractivity contribution is 5.92.